The number of nitrogens with one attached hydrogen (secondary N) is 2. The quantitative estimate of drug-likeness (QED) is 0.754. The smallest absolute Gasteiger partial charge is 0.531 e. The molecular formula is C17H17BN4O2. The number of nitrogens with zero attached hydrogens (tertiary/aromatic N) is 2. The van der Waals surface area contributed by atoms with E-state index in [-0.39, 0.29) is 0 Å². The summed E-state index contributed by atoms with van der Waals surface area (Å²) in [5.41, 5.74) is 4.53. The van der Waals surface area contributed by atoms with Crippen molar-refractivity contribution in [3.63, 3.8) is 0 Å². The molecule has 2 aliphatic carbocycles. The molecule has 24 heavy (non-hydrogen) atoms. The van der Waals surface area contributed by atoms with E-state index in [2.05, 4.69) is 32.4 Å². The van der Waals surface area contributed by atoms with Gasteiger partial charge in [0, 0.05) is 36.0 Å². The normalized spacial score (nSPS) is 23.9. The number of hydrogen-bond acceptors (Lipinski definition) is 5. The van der Waals surface area contributed by atoms with Crippen LogP contribution < -0.4 is 9.97 Å². The van der Waals surface area contributed by atoms with Gasteiger partial charge in [-0.25, -0.2) is 4.98 Å². The molecule has 7 heteroatoms. The van der Waals surface area contributed by atoms with E-state index in [1.54, 1.807) is 12.4 Å². The van der Waals surface area contributed by atoms with Gasteiger partial charge < -0.3 is 20.0 Å². The maximum atomic E-state index is 10.0. The van der Waals surface area contributed by atoms with Gasteiger partial charge in [0.25, 0.3) is 0 Å². The molecule has 6 nitrogen and oxygen atoms in total. The highest BCUT2D eigenvalue weighted by atomic mass is 16.5. The van der Waals surface area contributed by atoms with Gasteiger partial charge in [0.2, 0.25) is 0 Å². The molecule has 2 aromatic rings. The fourth-order valence-electron chi connectivity index (χ4n) is 3.83. The number of H-pyrrole nitrogens is 1. The number of anilines is 1. The van der Waals surface area contributed by atoms with Crippen LogP contribution in [0.3, 0.4) is 0 Å². The third-order valence-electron chi connectivity index (χ3n) is 5.04. The molecule has 0 spiro atoms. The van der Waals surface area contributed by atoms with Crippen LogP contribution in [0.25, 0.3) is 11.6 Å². The number of rotatable bonds is 3. The molecule has 0 unspecified atom stereocenters. The fourth-order valence-corrected chi connectivity index (χ4v) is 3.83. The van der Waals surface area contributed by atoms with E-state index >= 15 is 0 Å². The monoisotopic (exact) mass is 320 g/mol. The second-order valence-corrected chi connectivity index (χ2v) is 6.54. The van der Waals surface area contributed by atoms with Gasteiger partial charge in [0.05, 0.1) is 11.9 Å². The zero-order valence-electron chi connectivity index (χ0n) is 13.1. The predicted molar refractivity (Wildman–Crippen MR) is 92.3 cm³/mol. The molecule has 0 bridgehead atoms. The summed E-state index contributed by atoms with van der Waals surface area (Å²) in [6.07, 6.45) is 12.4. The fraction of sp³-hybridized carbons (Fsp3) is 0.294. The Balaban J connectivity index is 1.41. The molecular weight excluding hydrogens is 303 g/mol. The van der Waals surface area contributed by atoms with Crippen LogP contribution in [0.4, 0.5) is 5.95 Å². The summed E-state index contributed by atoms with van der Waals surface area (Å²) in [6.45, 7) is 0. The number of imidazole rings is 1. The zero-order chi connectivity index (χ0) is 16.1. The van der Waals surface area contributed by atoms with Crippen molar-refractivity contribution in [1.82, 2.24) is 15.0 Å². The maximum Gasteiger partial charge on any atom is 0.552 e. The number of fused-ring (bicyclic) bond motifs is 3. The molecule has 5 rings (SSSR count). The number of allylic oxidation sites excluding steroid dienone is 2. The Morgan fingerprint density at radius 2 is 2.25 bits per heavy atom. The van der Waals surface area contributed by atoms with Crippen LogP contribution in [-0.4, -0.2) is 33.1 Å². The summed E-state index contributed by atoms with van der Waals surface area (Å²) in [4.78, 5) is 11.7. The maximum absolute atomic E-state index is 10.0. The van der Waals surface area contributed by atoms with Crippen molar-refractivity contribution in [3.8, 4) is 5.75 Å². The largest absolute Gasteiger partial charge is 0.552 e. The Morgan fingerprint density at radius 1 is 1.33 bits per heavy atom. The van der Waals surface area contributed by atoms with Gasteiger partial charge in [0.15, 0.2) is 5.95 Å². The molecule has 3 aliphatic rings. The molecule has 0 atom stereocenters. The van der Waals surface area contributed by atoms with E-state index in [4.69, 9.17) is 4.65 Å². The van der Waals surface area contributed by atoms with Crippen molar-refractivity contribution in [2.45, 2.75) is 25.3 Å². The molecule has 1 saturated carbocycles. The molecule has 0 amide bonds. The van der Waals surface area contributed by atoms with Crippen molar-refractivity contribution < 1.29 is 9.68 Å². The van der Waals surface area contributed by atoms with E-state index in [0.717, 1.165) is 42.0 Å². The van der Waals surface area contributed by atoms with Gasteiger partial charge in [-0.15, -0.1) is 0 Å². The number of aromatic amines is 1. The summed E-state index contributed by atoms with van der Waals surface area (Å²) in [7, 11) is -0.894. The minimum Gasteiger partial charge on any atom is -0.531 e. The lowest BCUT2D eigenvalue weighted by atomic mass is 9.68. The van der Waals surface area contributed by atoms with E-state index in [0.29, 0.717) is 17.7 Å². The first-order chi connectivity index (χ1) is 11.8. The third-order valence-corrected chi connectivity index (χ3v) is 5.04. The zero-order valence-corrected chi connectivity index (χ0v) is 13.1. The minimum absolute atomic E-state index is 0.399. The standard InChI is InChI=1S/C17H17BN4O2/c23-18-8-13(10-6-11(7-10)22-17-19-4-5-20-17)16-12-2-1-3-14(12)21-9-15(16)24-18/h1-2,4-5,8-11,23H,3,6-7H2,(H2,19,20,22). The Bertz CT molecular complexity index is 841. The minimum atomic E-state index is -0.894. The first kappa shape index (κ1) is 13.9. The summed E-state index contributed by atoms with van der Waals surface area (Å²) in [5, 5.41) is 13.4. The molecule has 2 aromatic heterocycles. The van der Waals surface area contributed by atoms with E-state index in [1.807, 2.05) is 12.2 Å². The van der Waals surface area contributed by atoms with Crippen LogP contribution in [-0.2, 0) is 6.42 Å². The van der Waals surface area contributed by atoms with E-state index in [9.17, 15) is 5.02 Å². The Morgan fingerprint density at radius 3 is 3.08 bits per heavy atom. The van der Waals surface area contributed by atoms with Crippen molar-refractivity contribution in [2.24, 2.45) is 5.92 Å². The second kappa shape index (κ2) is 5.24. The van der Waals surface area contributed by atoms with Gasteiger partial charge in [-0.2, -0.15) is 0 Å². The lowest BCUT2D eigenvalue weighted by Gasteiger charge is -2.39. The Kier molecular flexibility index (Phi) is 3.03. The SMILES string of the molecule is OB1C=C(C2CC(Nc3ncc[nH]3)C2)c2c(cnc3c2C=CC3)O1. The van der Waals surface area contributed by atoms with Crippen LogP contribution in [0.1, 0.15) is 29.7 Å². The first-order valence-corrected chi connectivity index (χ1v) is 8.29. The average Bonchev–Trinajstić information content (AvgIpc) is 3.20. The van der Waals surface area contributed by atoms with Gasteiger partial charge >= 0.3 is 7.12 Å². The number of hydrogen-bond donors (Lipinski definition) is 3. The molecule has 0 radical (unpaired) electrons. The second-order valence-electron chi connectivity index (χ2n) is 6.54. The molecule has 0 saturated heterocycles. The van der Waals surface area contributed by atoms with Crippen LogP contribution in [0.5, 0.6) is 5.75 Å². The summed E-state index contributed by atoms with van der Waals surface area (Å²) in [6, 6.07) is 0.399. The van der Waals surface area contributed by atoms with Gasteiger partial charge in [-0.1, -0.05) is 12.2 Å². The molecule has 3 heterocycles. The number of aromatic nitrogens is 3. The summed E-state index contributed by atoms with van der Waals surface area (Å²) >= 11 is 0. The molecule has 1 fully saturated rings. The summed E-state index contributed by atoms with van der Waals surface area (Å²) < 4.78 is 5.57. The van der Waals surface area contributed by atoms with Gasteiger partial charge in [-0.3, -0.25) is 4.98 Å². The molecule has 3 N–H and O–H groups in total. The Labute approximate surface area is 139 Å². The highest BCUT2D eigenvalue weighted by Gasteiger charge is 2.38. The lowest BCUT2D eigenvalue weighted by molar-refractivity contribution is 0.351. The van der Waals surface area contributed by atoms with Crippen molar-refractivity contribution in [3.05, 3.63) is 47.5 Å². The lowest BCUT2D eigenvalue weighted by Crippen LogP contribution is -2.38. The average molecular weight is 320 g/mol. The van der Waals surface area contributed by atoms with E-state index in [1.165, 1.54) is 5.57 Å². The highest BCUT2D eigenvalue weighted by Crippen LogP contribution is 2.46. The summed E-state index contributed by atoms with van der Waals surface area (Å²) in [5.74, 6) is 3.76. The third kappa shape index (κ3) is 2.16. The first-order valence-electron chi connectivity index (χ1n) is 8.29. The van der Waals surface area contributed by atoms with Gasteiger partial charge in [0.1, 0.15) is 5.75 Å². The van der Waals surface area contributed by atoms with Gasteiger partial charge in [-0.05, 0) is 30.3 Å². The topological polar surface area (TPSA) is 83.1 Å². The van der Waals surface area contributed by atoms with Crippen LogP contribution in [0.2, 0.25) is 0 Å². The van der Waals surface area contributed by atoms with Crippen molar-refractivity contribution in [2.75, 3.05) is 5.32 Å². The predicted octanol–water partition coefficient (Wildman–Crippen LogP) is 2.06. The number of pyridine rings is 1. The molecule has 1 aliphatic heterocycles. The molecule has 0 aromatic carbocycles. The van der Waals surface area contributed by atoms with Crippen LogP contribution >= 0.6 is 0 Å². The highest BCUT2D eigenvalue weighted by molar-refractivity contribution is 6.52. The van der Waals surface area contributed by atoms with E-state index < -0.39 is 7.12 Å². The van der Waals surface area contributed by atoms with Crippen LogP contribution in [0.15, 0.2) is 30.6 Å². The van der Waals surface area contributed by atoms with Crippen LogP contribution in [0, 0.1) is 5.92 Å². The molecule has 120 valence electrons. The van der Waals surface area contributed by atoms with Crippen molar-refractivity contribution in [1.29, 1.82) is 0 Å². The van der Waals surface area contributed by atoms with Crippen molar-refractivity contribution >= 4 is 24.7 Å². The Hall–Kier alpha value is -2.54.